The molecule has 3 atom stereocenters. The van der Waals surface area contributed by atoms with Crippen LogP contribution in [0, 0.1) is 5.41 Å². The molecule has 1 aromatic rings. The summed E-state index contributed by atoms with van der Waals surface area (Å²) in [6.07, 6.45) is 5.76. The van der Waals surface area contributed by atoms with Crippen LogP contribution in [-0.4, -0.2) is 47.8 Å². The van der Waals surface area contributed by atoms with Crippen LogP contribution in [0.4, 0.5) is 0 Å². The van der Waals surface area contributed by atoms with E-state index in [1.54, 1.807) is 4.90 Å². The topological polar surface area (TPSA) is 90.5 Å². The van der Waals surface area contributed by atoms with Gasteiger partial charge in [0.2, 0.25) is 11.8 Å². The van der Waals surface area contributed by atoms with Crippen molar-refractivity contribution >= 4 is 17.7 Å². The van der Waals surface area contributed by atoms with Crippen LogP contribution in [-0.2, 0) is 22.7 Å². The molecule has 29 heavy (non-hydrogen) atoms. The molecule has 3 aliphatic heterocycles. The molecule has 3 heterocycles. The summed E-state index contributed by atoms with van der Waals surface area (Å²) in [5.41, 5.74) is 3.24. The Balaban J connectivity index is 1.26. The molecular formula is C22H28N4O3. The number of hydrogen-bond acceptors (Lipinski definition) is 5. The summed E-state index contributed by atoms with van der Waals surface area (Å²) in [6.45, 7) is 3.47. The van der Waals surface area contributed by atoms with Crippen LogP contribution >= 0.6 is 0 Å². The van der Waals surface area contributed by atoms with Gasteiger partial charge in [0.15, 0.2) is 0 Å². The van der Waals surface area contributed by atoms with Crippen LogP contribution in [0.2, 0.25) is 0 Å². The quantitative estimate of drug-likeness (QED) is 0.663. The number of nitrogens with one attached hydrogen (secondary N) is 3. The number of imide groups is 1. The van der Waals surface area contributed by atoms with E-state index in [-0.39, 0.29) is 24.1 Å². The lowest BCUT2D eigenvalue weighted by Gasteiger charge is -2.31. The number of carbonyl (C=O) groups is 3. The van der Waals surface area contributed by atoms with Gasteiger partial charge in [-0.1, -0.05) is 18.6 Å². The zero-order chi connectivity index (χ0) is 20.0. The highest BCUT2D eigenvalue weighted by molar-refractivity contribution is 6.05. The van der Waals surface area contributed by atoms with Crippen molar-refractivity contribution in [2.75, 3.05) is 13.1 Å². The first-order chi connectivity index (χ1) is 14.1. The van der Waals surface area contributed by atoms with Crippen molar-refractivity contribution in [2.24, 2.45) is 5.41 Å². The monoisotopic (exact) mass is 396 g/mol. The molecule has 0 bridgehead atoms. The lowest BCUT2D eigenvalue weighted by Crippen LogP contribution is -2.52. The maximum atomic E-state index is 12.8. The molecule has 0 radical (unpaired) electrons. The summed E-state index contributed by atoms with van der Waals surface area (Å²) in [5.74, 6) is -0.729. The summed E-state index contributed by atoms with van der Waals surface area (Å²) in [4.78, 5) is 38.0. The summed E-state index contributed by atoms with van der Waals surface area (Å²) in [5, 5.41) is 9.66. The summed E-state index contributed by atoms with van der Waals surface area (Å²) >= 11 is 0. The van der Waals surface area contributed by atoms with E-state index in [9.17, 15) is 14.4 Å². The van der Waals surface area contributed by atoms with Gasteiger partial charge in [-0.15, -0.1) is 0 Å². The summed E-state index contributed by atoms with van der Waals surface area (Å²) in [7, 11) is 0. The van der Waals surface area contributed by atoms with Crippen LogP contribution in [0.25, 0.3) is 0 Å². The van der Waals surface area contributed by atoms with Crippen molar-refractivity contribution < 1.29 is 14.4 Å². The second kappa shape index (κ2) is 7.22. The first-order valence-electron chi connectivity index (χ1n) is 10.8. The molecule has 4 aliphatic rings. The molecule has 7 nitrogen and oxygen atoms in total. The molecule has 7 heteroatoms. The van der Waals surface area contributed by atoms with E-state index < -0.39 is 6.04 Å². The van der Waals surface area contributed by atoms with E-state index in [4.69, 9.17) is 0 Å². The van der Waals surface area contributed by atoms with Gasteiger partial charge >= 0.3 is 0 Å². The van der Waals surface area contributed by atoms with Crippen molar-refractivity contribution in [1.29, 1.82) is 0 Å². The zero-order valence-corrected chi connectivity index (χ0v) is 16.6. The Kier molecular flexibility index (Phi) is 4.67. The van der Waals surface area contributed by atoms with Gasteiger partial charge in [-0.25, -0.2) is 0 Å². The molecule has 3 fully saturated rings. The molecule has 1 spiro atoms. The van der Waals surface area contributed by atoms with Crippen molar-refractivity contribution in [1.82, 2.24) is 20.9 Å². The maximum absolute atomic E-state index is 12.8. The number of benzene rings is 1. The van der Waals surface area contributed by atoms with Crippen LogP contribution in [0.5, 0.6) is 0 Å². The van der Waals surface area contributed by atoms with Gasteiger partial charge in [-0.05, 0) is 54.8 Å². The number of amides is 3. The molecule has 0 aromatic heterocycles. The maximum Gasteiger partial charge on any atom is 0.255 e. The van der Waals surface area contributed by atoms with E-state index in [0.29, 0.717) is 30.0 Å². The Morgan fingerprint density at radius 1 is 1.17 bits per heavy atom. The van der Waals surface area contributed by atoms with Gasteiger partial charge in [-0.3, -0.25) is 19.7 Å². The SMILES string of the molecule is O=C1CCC(N2Cc3cc(CNC4CCCC45CCNC5)ccc3C2=O)C(=O)N1. The van der Waals surface area contributed by atoms with E-state index >= 15 is 0 Å². The zero-order valence-electron chi connectivity index (χ0n) is 16.6. The van der Waals surface area contributed by atoms with Gasteiger partial charge < -0.3 is 15.5 Å². The predicted octanol–water partition coefficient (Wildman–Crippen LogP) is 1.07. The summed E-state index contributed by atoms with van der Waals surface area (Å²) in [6, 6.07) is 6.00. The lowest BCUT2D eigenvalue weighted by molar-refractivity contribution is -0.136. The Hall–Kier alpha value is -2.25. The van der Waals surface area contributed by atoms with E-state index in [1.807, 2.05) is 12.1 Å². The minimum Gasteiger partial charge on any atom is -0.322 e. The molecule has 3 amide bonds. The first kappa shape index (κ1) is 18.8. The lowest BCUT2D eigenvalue weighted by atomic mass is 9.81. The van der Waals surface area contributed by atoms with Crippen molar-refractivity contribution in [3.8, 4) is 0 Å². The fraction of sp³-hybridized carbons (Fsp3) is 0.591. The smallest absolute Gasteiger partial charge is 0.255 e. The van der Waals surface area contributed by atoms with Crippen molar-refractivity contribution in [3.05, 3.63) is 34.9 Å². The van der Waals surface area contributed by atoms with Crippen molar-refractivity contribution in [2.45, 2.75) is 63.7 Å². The van der Waals surface area contributed by atoms with Crippen LogP contribution in [0.1, 0.15) is 60.0 Å². The molecule has 154 valence electrons. The van der Waals surface area contributed by atoms with E-state index in [2.05, 4.69) is 22.0 Å². The number of carbonyl (C=O) groups excluding carboxylic acids is 3. The largest absolute Gasteiger partial charge is 0.322 e. The van der Waals surface area contributed by atoms with Crippen LogP contribution < -0.4 is 16.0 Å². The molecule has 2 saturated heterocycles. The van der Waals surface area contributed by atoms with E-state index in [0.717, 1.165) is 25.2 Å². The number of fused-ring (bicyclic) bond motifs is 1. The fourth-order valence-corrected chi connectivity index (χ4v) is 5.71. The molecule has 1 aliphatic carbocycles. The number of piperidine rings is 1. The summed E-state index contributed by atoms with van der Waals surface area (Å²) < 4.78 is 0. The molecule has 1 saturated carbocycles. The molecular weight excluding hydrogens is 368 g/mol. The Morgan fingerprint density at radius 3 is 2.86 bits per heavy atom. The Labute approximate surface area is 170 Å². The standard InChI is InChI=1S/C22H28N4O3/c27-19-6-5-17(20(28)25-19)26-12-15-10-14(3-4-16(15)21(26)29)11-24-18-2-1-7-22(18)8-9-23-13-22/h3-4,10,17-18,23-24H,1-2,5-9,11-13H2,(H,25,27,28). The van der Waals surface area contributed by atoms with Gasteiger partial charge in [-0.2, -0.15) is 0 Å². The minimum absolute atomic E-state index is 0.110. The Bertz CT molecular complexity index is 856. The van der Waals surface area contributed by atoms with Gasteiger partial charge in [0.05, 0.1) is 0 Å². The third-order valence-electron chi connectivity index (χ3n) is 7.32. The number of nitrogens with zero attached hydrogens (tertiary/aromatic N) is 1. The Morgan fingerprint density at radius 2 is 2.07 bits per heavy atom. The molecule has 3 N–H and O–H groups in total. The average Bonchev–Trinajstić information content (AvgIpc) is 3.41. The highest BCUT2D eigenvalue weighted by Gasteiger charge is 2.44. The van der Waals surface area contributed by atoms with Gasteiger partial charge in [0.1, 0.15) is 6.04 Å². The second-order valence-corrected chi connectivity index (χ2v) is 9.01. The van der Waals surface area contributed by atoms with Crippen LogP contribution in [0.3, 0.4) is 0 Å². The molecule has 3 unspecified atom stereocenters. The fourth-order valence-electron chi connectivity index (χ4n) is 5.71. The highest BCUT2D eigenvalue weighted by atomic mass is 16.2. The van der Waals surface area contributed by atoms with E-state index in [1.165, 1.54) is 31.2 Å². The third-order valence-corrected chi connectivity index (χ3v) is 7.32. The normalized spacial score (nSPS) is 31.6. The van der Waals surface area contributed by atoms with Gasteiger partial charge in [0, 0.05) is 37.7 Å². The minimum atomic E-state index is -0.553. The van der Waals surface area contributed by atoms with Crippen LogP contribution in [0.15, 0.2) is 18.2 Å². The predicted molar refractivity (Wildman–Crippen MR) is 107 cm³/mol. The first-order valence-corrected chi connectivity index (χ1v) is 10.8. The third kappa shape index (κ3) is 3.26. The number of rotatable bonds is 4. The molecule has 1 aromatic carbocycles. The van der Waals surface area contributed by atoms with Gasteiger partial charge in [0.25, 0.3) is 5.91 Å². The number of hydrogen-bond donors (Lipinski definition) is 3. The average molecular weight is 396 g/mol. The van der Waals surface area contributed by atoms with Crippen molar-refractivity contribution in [3.63, 3.8) is 0 Å². The molecule has 5 rings (SSSR count). The second-order valence-electron chi connectivity index (χ2n) is 9.01. The highest BCUT2D eigenvalue weighted by Crippen LogP contribution is 2.43.